The molecule has 0 aliphatic carbocycles. The number of hydrogen-bond acceptors (Lipinski definition) is 21. The maximum atomic E-state index is 10.6. The molecule has 4 aromatic heterocycles. The van der Waals surface area contributed by atoms with Crippen LogP contribution in [0.15, 0.2) is 146 Å². The van der Waals surface area contributed by atoms with Crippen LogP contribution in [0.2, 0.25) is 0 Å². The molecule has 2 saturated heterocycles. The van der Waals surface area contributed by atoms with E-state index in [0.29, 0.717) is 97.6 Å². The maximum absolute atomic E-state index is 10.6. The number of aldehydes is 2. The van der Waals surface area contributed by atoms with E-state index in [1.165, 1.54) is 43.5 Å². The van der Waals surface area contributed by atoms with Crippen molar-refractivity contribution in [3.63, 3.8) is 0 Å². The number of non-ortho nitro benzene ring substituents is 3. The molecule has 0 saturated carbocycles. The number of aliphatic hydroxyl groups excluding tert-OH is 3. The molecule has 0 amide bonds. The Morgan fingerprint density at radius 3 is 1.38 bits per heavy atom. The van der Waals surface area contributed by atoms with Crippen molar-refractivity contribution in [2.75, 3.05) is 33.5 Å². The van der Waals surface area contributed by atoms with Gasteiger partial charge in [0, 0.05) is 64.5 Å². The van der Waals surface area contributed by atoms with Gasteiger partial charge in [-0.15, -0.1) is 0 Å². The number of aliphatic hydroxyl groups is 3. The Bertz CT molecular complexity index is 3100. The van der Waals surface area contributed by atoms with E-state index < -0.39 is 48.8 Å². The number of hydrogen-bond donors (Lipinski definition) is 3. The van der Waals surface area contributed by atoms with Crippen molar-refractivity contribution >= 4 is 83.3 Å². The number of aromatic nitrogens is 4. The topological polar surface area (TPSA) is 339 Å². The van der Waals surface area contributed by atoms with Crippen LogP contribution in [0.5, 0.6) is 5.88 Å². The quantitative estimate of drug-likeness (QED) is 0.0291. The van der Waals surface area contributed by atoms with Crippen LogP contribution in [-0.2, 0) is 47.6 Å². The van der Waals surface area contributed by atoms with E-state index >= 15 is 0 Å². The molecule has 3 N–H and O–H groups in total. The Kier molecular flexibility index (Phi) is 33.7. The first-order valence-corrected chi connectivity index (χ1v) is 26.2. The summed E-state index contributed by atoms with van der Waals surface area (Å²) in [7, 11) is 8.87. The molecular formula is C53H52BrCl2MgN7O17S. The third-order valence-electron chi connectivity index (χ3n) is 10.5. The molecule has 2 aliphatic rings. The van der Waals surface area contributed by atoms with Crippen molar-refractivity contribution in [3.8, 4) is 5.88 Å². The first-order valence-electron chi connectivity index (χ1n) is 23.4. The van der Waals surface area contributed by atoms with Crippen molar-refractivity contribution in [1.82, 2.24) is 19.9 Å². The van der Waals surface area contributed by atoms with Gasteiger partial charge in [-0.1, -0.05) is 48.5 Å². The number of pyridine rings is 4. The maximum Gasteiger partial charge on any atom is 2.00 e. The smallest absolute Gasteiger partial charge is 1.00 e. The van der Waals surface area contributed by atoms with Crippen LogP contribution in [0.4, 0.5) is 17.1 Å². The Morgan fingerprint density at radius 2 is 0.976 bits per heavy atom. The summed E-state index contributed by atoms with van der Waals surface area (Å²) in [6, 6.07) is 38.8. The molecule has 3 aromatic carbocycles. The number of nitro benzene ring substituents is 3. The fraction of sp³-hybridized carbons (Fsp3) is 0.226. The van der Waals surface area contributed by atoms with E-state index in [4.69, 9.17) is 33.0 Å². The molecule has 7 aromatic rings. The number of nitro groups is 3. The van der Waals surface area contributed by atoms with Gasteiger partial charge >= 0.3 is 23.1 Å². The van der Waals surface area contributed by atoms with Gasteiger partial charge in [0.05, 0.1) is 95.6 Å². The summed E-state index contributed by atoms with van der Waals surface area (Å²) in [5.74, 6) is 0.463. The van der Waals surface area contributed by atoms with Crippen LogP contribution in [0.25, 0.3) is 0 Å². The van der Waals surface area contributed by atoms with Crippen LogP contribution in [0.1, 0.15) is 90.9 Å². The summed E-state index contributed by atoms with van der Waals surface area (Å²) in [5.41, 5.74) is 6.05. The second-order valence-corrected chi connectivity index (χ2v) is 18.6. The normalized spacial score (nSPS) is 13.0. The zero-order valence-corrected chi connectivity index (χ0v) is 48.7. The molecule has 82 heavy (non-hydrogen) atoms. The van der Waals surface area contributed by atoms with E-state index in [9.17, 15) is 50.1 Å². The number of halogens is 3. The predicted octanol–water partition coefficient (Wildman–Crippen LogP) is 5.35. The molecule has 0 radical (unpaired) electrons. The number of rotatable bonds is 15. The van der Waals surface area contributed by atoms with Gasteiger partial charge in [-0.05, 0) is 65.7 Å². The van der Waals surface area contributed by atoms with Gasteiger partial charge in [0.2, 0.25) is 33.4 Å². The summed E-state index contributed by atoms with van der Waals surface area (Å²) in [6.07, 6.45) is -0.496. The number of benzene rings is 3. The Balaban J connectivity index is 0.000000355. The fourth-order valence-electron chi connectivity index (χ4n) is 6.67. The zero-order chi connectivity index (χ0) is 58.4. The van der Waals surface area contributed by atoms with Crippen LogP contribution in [0.3, 0.4) is 0 Å². The van der Waals surface area contributed by atoms with Gasteiger partial charge in [-0.25, -0.2) is 19.2 Å². The molecule has 6 heterocycles. The van der Waals surface area contributed by atoms with Crippen molar-refractivity contribution in [3.05, 3.63) is 239 Å². The monoisotopic (exact) mass is 1260 g/mol. The molecule has 29 heteroatoms. The van der Waals surface area contributed by atoms with Gasteiger partial charge in [0.25, 0.3) is 11.4 Å². The summed E-state index contributed by atoms with van der Waals surface area (Å²) in [5, 5.41) is 60.7. The minimum atomic E-state index is -1.67. The van der Waals surface area contributed by atoms with Crippen LogP contribution in [-0.4, -0.2) is 123 Å². The van der Waals surface area contributed by atoms with Crippen LogP contribution in [0, 0.1) is 37.3 Å². The fourth-order valence-corrected chi connectivity index (χ4v) is 6.67. The van der Waals surface area contributed by atoms with Crippen molar-refractivity contribution in [2.24, 2.45) is 0 Å². The van der Waals surface area contributed by atoms with Gasteiger partial charge < -0.3 is 56.0 Å². The van der Waals surface area contributed by atoms with Crippen molar-refractivity contribution in [2.45, 2.75) is 44.2 Å². The van der Waals surface area contributed by atoms with E-state index in [2.05, 4.69) is 48.2 Å². The average molecular weight is 1270 g/mol. The van der Waals surface area contributed by atoms with Gasteiger partial charge in [0.15, 0.2) is 12.6 Å². The first-order chi connectivity index (χ1) is 38.4. The second-order valence-electron chi connectivity index (χ2n) is 16.1. The summed E-state index contributed by atoms with van der Waals surface area (Å²) < 4.78 is 35.1. The zero-order valence-electron chi connectivity index (χ0n) is 43.4. The summed E-state index contributed by atoms with van der Waals surface area (Å²) >= 11 is 0. The number of methoxy groups -OCH3 is 1. The minimum absolute atomic E-state index is 0. The standard InChI is InChI=1S/C16H16N2O5.C14H14N2O4.C9H9NO3.C7H6NO2.C7H7NO2.BrH.Cl2OS.Mg/c19-15(10-11-4-6-12(7-5-11)18(20)21)13-2-1-3-14(17-13)16-22-8-9-23-16;17-9-11-2-1-3-13(15-11)14(18)8-10-4-6-12(7-5-10)16(19)20;11-6-7-2-1-3-8(10-7)9-12-4-5-13-9;1-6-2-4-7(5-3-6)8(9)10;1-10-7-4-2-3-6(5-9)8-7;;1-4(2)3;/h1-7,15-16,19H,8-10H2;1-7,14,17-18H,8-9H2;1-3,6,9H,4-5H2;2-5H,1H2;2-5H,1H3;1H;;/q;;;-1;;;;+2/p-1. The van der Waals surface area contributed by atoms with Crippen LogP contribution < -0.4 is 21.7 Å². The Morgan fingerprint density at radius 1 is 0.610 bits per heavy atom. The van der Waals surface area contributed by atoms with Crippen molar-refractivity contribution < 1.29 is 84.6 Å². The van der Waals surface area contributed by atoms with Crippen molar-refractivity contribution in [1.29, 1.82) is 0 Å². The molecule has 2 atom stereocenters. The summed E-state index contributed by atoms with van der Waals surface area (Å²) in [4.78, 5) is 66.9. The molecule has 24 nitrogen and oxygen atoms in total. The minimum Gasteiger partial charge on any atom is -1.00 e. The van der Waals surface area contributed by atoms with E-state index in [-0.39, 0.29) is 63.7 Å². The number of nitrogens with zero attached hydrogens (tertiary/aromatic N) is 7. The van der Waals surface area contributed by atoms with E-state index in [1.54, 1.807) is 109 Å². The first kappa shape index (κ1) is 71.3. The number of carbonyl (C=O) groups excluding carboxylic acids is 2. The third-order valence-corrected chi connectivity index (χ3v) is 10.5. The number of carbonyl (C=O) groups is 2. The van der Waals surface area contributed by atoms with Gasteiger partial charge in [-0.2, -0.15) is 24.6 Å². The van der Waals surface area contributed by atoms with Gasteiger partial charge in [0.1, 0.15) is 11.4 Å². The Labute approximate surface area is 507 Å². The molecule has 2 fully saturated rings. The van der Waals surface area contributed by atoms with E-state index in [0.717, 1.165) is 16.7 Å². The SMILES string of the molecule is COc1cccc(C=O)n1.O=Cc1cccc(C2OCCO2)n1.O=S(Cl)Cl.O=[N+]([O-])c1ccc(CC(O)c2cccc(C3OCCO3)n2)cc1.O=[N+]([O-])c1ccc(CC(O)c2cccc(CO)n2)cc1.[Br-].[CH2-]c1ccc([N+](=O)[O-])cc1.[Mg+2]. The second kappa shape index (κ2) is 38.8. The average Bonchev–Trinajstić information content (AvgIpc) is 4.24. The third kappa shape index (κ3) is 26.0. The Hall–Kier alpha value is -6.83. The van der Waals surface area contributed by atoms with Crippen LogP contribution >= 0.6 is 21.4 Å². The largest absolute Gasteiger partial charge is 2.00 e. The summed E-state index contributed by atoms with van der Waals surface area (Å²) in [6.45, 7) is 5.64. The molecule has 2 unspecified atom stereocenters. The molecule has 0 spiro atoms. The van der Waals surface area contributed by atoms with Gasteiger partial charge in [-0.3, -0.25) is 44.9 Å². The molecule has 430 valence electrons. The molecule has 2 aliphatic heterocycles. The molecular weight excluding hydrogens is 1210 g/mol. The number of ether oxygens (including phenoxy) is 5. The predicted molar refractivity (Wildman–Crippen MR) is 296 cm³/mol. The van der Waals surface area contributed by atoms with E-state index in [1.807, 2.05) is 0 Å². The molecule has 9 rings (SSSR count). The molecule has 0 bridgehead atoms.